The summed E-state index contributed by atoms with van der Waals surface area (Å²) in [6.07, 6.45) is -0.690. The maximum atomic E-state index is 11.9. The highest BCUT2D eigenvalue weighted by Crippen LogP contribution is 2.08. The Morgan fingerprint density at radius 2 is 2.00 bits per heavy atom. The number of esters is 1. The van der Waals surface area contributed by atoms with Crippen LogP contribution in [0.5, 0.6) is 0 Å². The van der Waals surface area contributed by atoms with Gasteiger partial charge in [-0.15, -0.1) is 0 Å². The molecule has 0 radical (unpaired) electrons. The summed E-state index contributed by atoms with van der Waals surface area (Å²) in [5, 5.41) is 17.4. The summed E-state index contributed by atoms with van der Waals surface area (Å²) in [6.45, 7) is 1.68. The number of rotatable bonds is 6. The van der Waals surface area contributed by atoms with E-state index in [-0.39, 0.29) is 18.9 Å². The van der Waals surface area contributed by atoms with Gasteiger partial charge >= 0.3 is 5.97 Å². The first-order chi connectivity index (χ1) is 9.99. The van der Waals surface area contributed by atoms with Gasteiger partial charge in [0.1, 0.15) is 0 Å². The minimum atomic E-state index is -0.918. The fraction of sp³-hybridized carbons (Fsp3) is 0.400. The van der Waals surface area contributed by atoms with Crippen LogP contribution in [0.2, 0.25) is 0 Å². The highest BCUT2D eigenvalue weighted by atomic mass is 16.5. The summed E-state index contributed by atoms with van der Waals surface area (Å²) < 4.78 is 5.10. The van der Waals surface area contributed by atoms with E-state index >= 15 is 0 Å². The van der Waals surface area contributed by atoms with Gasteiger partial charge in [0.05, 0.1) is 24.7 Å². The summed E-state index contributed by atoms with van der Waals surface area (Å²) in [7, 11) is 1.56. The molecule has 0 saturated carbocycles. The molecule has 1 amide bonds. The second-order valence-electron chi connectivity index (χ2n) is 4.57. The van der Waals surface area contributed by atoms with E-state index in [0.717, 1.165) is 0 Å². The van der Waals surface area contributed by atoms with E-state index in [2.05, 4.69) is 0 Å². The third kappa shape index (κ3) is 4.89. The van der Waals surface area contributed by atoms with Gasteiger partial charge in [-0.25, -0.2) is 4.79 Å². The summed E-state index contributed by atoms with van der Waals surface area (Å²) in [5.41, 5.74) is 0.999. The highest BCUT2D eigenvalue weighted by Gasteiger charge is 2.21. The van der Waals surface area contributed by atoms with Crippen molar-refractivity contribution in [2.45, 2.75) is 26.1 Å². The minimum Gasteiger partial charge on any atom is -0.449 e. The molecule has 21 heavy (non-hydrogen) atoms. The normalized spacial score (nSPS) is 11.3. The van der Waals surface area contributed by atoms with Gasteiger partial charge in [-0.05, 0) is 24.6 Å². The molecule has 1 aromatic carbocycles. The molecule has 0 spiro atoms. The average molecular weight is 290 g/mol. The molecule has 6 heteroatoms. The molecule has 0 fully saturated rings. The third-order valence-corrected chi connectivity index (χ3v) is 2.94. The van der Waals surface area contributed by atoms with Crippen LogP contribution in [0.3, 0.4) is 0 Å². The zero-order valence-corrected chi connectivity index (χ0v) is 12.1. The predicted octanol–water partition coefficient (Wildman–Crippen LogP) is 1.10. The third-order valence-electron chi connectivity index (χ3n) is 2.94. The second kappa shape index (κ2) is 8.02. The Morgan fingerprint density at radius 1 is 1.38 bits per heavy atom. The lowest BCUT2D eigenvalue weighted by Crippen LogP contribution is -2.37. The Hall–Kier alpha value is -2.39. The van der Waals surface area contributed by atoms with E-state index in [1.807, 2.05) is 6.07 Å². The first kappa shape index (κ1) is 16.7. The first-order valence-corrected chi connectivity index (χ1v) is 6.52. The van der Waals surface area contributed by atoms with Crippen molar-refractivity contribution in [1.29, 1.82) is 5.26 Å². The van der Waals surface area contributed by atoms with Gasteiger partial charge in [-0.2, -0.15) is 5.26 Å². The van der Waals surface area contributed by atoms with Gasteiger partial charge in [0, 0.05) is 13.6 Å². The molecule has 0 bridgehead atoms. The van der Waals surface area contributed by atoms with Crippen molar-refractivity contribution in [1.82, 2.24) is 4.90 Å². The number of aliphatic hydroxyl groups is 1. The van der Waals surface area contributed by atoms with Crippen molar-refractivity contribution < 1.29 is 19.4 Å². The first-order valence-electron chi connectivity index (χ1n) is 6.52. The monoisotopic (exact) mass is 290 g/mol. The number of hydrogen-bond acceptors (Lipinski definition) is 5. The minimum absolute atomic E-state index is 0.103. The van der Waals surface area contributed by atoms with E-state index in [9.17, 15) is 9.59 Å². The second-order valence-corrected chi connectivity index (χ2v) is 4.57. The molecule has 0 aliphatic rings. The number of nitrogens with zero attached hydrogens (tertiary/aromatic N) is 2. The van der Waals surface area contributed by atoms with Crippen LogP contribution < -0.4 is 0 Å². The number of aliphatic hydroxyl groups excluding tert-OH is 1. The topological polar surface area (TPSA) is 90.6 Å². The Bertz CT molecular complexity index is 534. The number of hydrogen-bond donors (Lipinski definition) is 1. The van der Waals surface area contributed by atoms with E-state index in [1.165, 1.54) is 24.0 Å². The molecule has 1 N–H and O–H groups in total. The number of ether oxygens (including phenoxy) is 1. The lowest BCUT2D eigenvalue weighted by Gasteiger charge is -2.20. The van der Waals surface area contributed by atoms with Crippen molar-refractivity contribution in [3.05, 3.63) is 35.4 Å². The van der Waals surface area contributed by atoms with Gasteiger partial charge in [0.25, 0.3) is 5.91 Å². The zero-order valence-electron chi connectivity index (χ0n) is 12.1. The molecule has 1 rings (SSSR count). The number of likely N-dealkylation sites (N-methyl/N-ethyl adjacent to an activating group) is 1. The lowest BCUT2D eigenvalue weighted by molar-refractivity contribution is -0.138. The number of benzene rings is 1. The van der Waals surface area contributed by atoms with E-state index in [1.54, 1.807) is 19.2 Å². The molecule has 1 atom stereocenters. The molecule has 0 aliphatic carbocycles. The van der Waals surface area contributed by atoms with Crippen LogP contribution in [0.1, 0.15) is 29.3 Å². The summed E-state index contributed by atoms with van der Waals surface area (Å²) in [6, 6.07) is 8.24. The van der Waals surface area contributed by atoms with Crippen molar-refractivity contribution in [3.8, 4) is 6.07 Å². The molecular weight excluding hydrogens is 272 g/mol. The summed E-state index contributed by atoms with van der Waals surface area (Å²) in [4.78, 5) is 25.2. The SMILES string of the molecule is C[C@H](OC(=O)c1ccc(CO)cc1)C(=O)N(C)CCC#N. The fourth-order valence-electron chi connectivity index (χ4n) is 1.66. The van der Waals surface area contributed by atoms with Gasteiger partial charge in [-0.1, -0.05) is 12.1 Å². The smallest absolute Gasteiger partial charge is 0.338 e. The Kier molecular flexibility index (Phi) is 6.37. The van der Waals surface area contributed by atoms with Crippen LogP contribution in [0.25, 0.3) is 0 Å². The number of carbonyl (C=O) groups is 2. The van der Waals surface area contributed by atoms with Crippen LogP contribution in [-0.4, -0.2) is 41.6 Å². The molecule has 0 unspecified atom stereocenters. The van der Waals surface area contributed by atoms with Crippen LogP contribution in [-0.2, 0) is 16.1 Å². The van der Waals surface area contributed by atoms with Crippen molar-refractivity contribution in [2.24, 2.45) is 0 Å². The summed E-state index contributed by atoms with van der Waals surface area (Å²) >= 11 is 0. The largest absolute Gasteiger partial charge is 0.449 e. The van der Waals surface area contributed by atoms with Crippen molar-refractivity contribution in [3.63, 3.8) is 0 Å². The number of amides is 1. The molecule has 0 aromatic heterocycles. The van der Waals surface area contributed by atoms with E-state index in [4.69, 9.17) is 15.1 Å². The Morgan fingerprint density at radius 3 is 2.52 bits per heavy atom. The quantitative estimate of drug-likeness (QED) is 0.792. The molecule has 112 valence electrons. The number of nitriles is 1. The molecule has 0 saturated heterocycles. The fourth-order valence-corrected chi connectivity index (χ4v) is 1.66. The van der Waals surface area contributed by atoms with Crippen molar-refractivity contribution in [2.75, 3.05) is 13.6 Å². The van der Waals surface area contributed by atoms with E-state index in [0.29, 0.717) is 17.7 Å². The zero-order chi connectivity index (χ0) is 15.8. The Labute approximate surface area is 123 Å². The van der Waals surface area contributed by atoms with Crippen LogP contribution in [0, 0.1) is 11.3 Å². The van der Waals surface area contributed by atoms with Gasteiger partial charge in [0.2, 0.25) is 0 Å². The Balaban J connectivity index is 2.60. The standard InChI is InChI=1S/C15H18N2O4/c1-11(14(19)17(2)9-3-8-16)21-15(20)13-6-4-12(10-18)5-7-13/h4-7,11,18H,3,9-10H2,1-2H3/t11-/m0/s1. The van der Waals surface area contributed by atoms with Crippen LogP contribution >= 0.6 is 0 Å². The molecule has 0 heterocycles. The van der Waals surface area contributed by atoms with Gasteiger partial charge in [0.15, 0.2) is 6.10 Å². The van der Waals surface area contributed by atoms with E-state index < -0.39 is 12.1 Å². The molecular formula is C15H18N2O4. The highest BCUT2D eigenvalue weighted by molar-refractivity contribution is 5.92. The number of carbonyl (C=O) groups excluding carboxylic acids is 2. The molecule has 0 aliphatic heterocycles. The maximum Gasteiger partial charge on any atom is 0.338 e. The van der Waals surface area contributed by atoms with Gasteiger partial charge in [-0.3, -0.25) is 4.79 Å². The predicted molar refractivity (Wildman–Crippen MR) is 75.1 cm³/mol. The summed E-state index contributed by atoms with van der Waals surface area (Å²) in [5.74, 6) is -0.959. The van der Waals surface area contributed by atoms with Crippen molar-refractivity contribution >= 4 is 11.9 Å². The molecule has 1 aromatic rings. The molecule has 6 nitrogen and oxygen atoms in total. The maximum absolute atomic E-state index is 11.9. The lowest BCUT2D eigenvalue weighted by atomic mass is 10.1. The average Bonchev–Trinajstić information content (AvgIpc) is 2.51. The van der Waals surface area contributed by atoms with Crippen LogP contribution in [0.4, 0.5) is 0 Å². The van der Waals surface area contributed by atoms with Gasteiger partial charge < -0.3 is 14.7 Å². The van der Waals surface area contributed by atoms with Crippen LogP contribution in [0.15, 0.2) is 24.3 Å².